The number of carbonyl (C=O) groups is 2. The van der Waals surface area contributed by atoms with Crippen LogP contribution in [0.3, 0.4) is 0 Å². The van der Waals surface area contributed by atoms with Crippen molar-refractivity contribution in [2.24, 2.45) is 0 Å². The van der Waals surface area contributed by atoms with Crippen LogP contribution in [-0.2, 0) is 16.0 Å². The standard InChI is InChI=1S/C22H21F2N3O3/c1-13-5-3-6-14(2)22(13)27-19(29)12-25-18(28)9-10-20-26-11-17(30-20)21-15(23)7-4-8-16(21)24/h3-8,11H,9-10,12H2,1-2H3,(H,25,28)(H,27,29). The van der Waals surface area contributed by atoms with Gasteiger partial charge in [0.25, 0.3) is 0 Å². The van der Waals surface area contributed by atoms with Crippen LogP contribution < -0.4 is 10.6 Å². The molecule has 8 heteroatoms. The molecular weight excluding hydrogens is 392 g/mol. The summed E-state index contributed by atoms with van der Waals surface area (Å²) in [6.45, 7) is 3.60. The van der Waals surface area contributed by atoms with Crippen LogP contribution in [0, 0.1) is 25.5 Å². The van der Waals surface area contributed by atoms with E-state index >= 15 is 0 Å². The number of para-hydroxylation sites is 1. The molecule has 2 aromatic carbocycles. The van der Waals surface area contributed by atoms with Crippen molar-refractivity contribution in [2.75, 3.05) is 11.9 Å². The molecule has 1 aromatic heterocycles. The number of amides is 2. The van der Waals surface area contributed by atoms with Gasteiger partial charge in [-0.2, -0.15) is 0 Å². The molecule has 2 N–H and O–H groups in total. The van der Waals surface area contributed by atoms with Crippen molar-refractivity contribution in [1.29, 1.82) is 0 Å². The first-order chi connectivity index (χ1) is 14.3. The van der Waals surface area contributed by atoms with E-state index in [2.05, 4.69) is 15.6 Å². The number of carbonyl (C=O) groups excluding carboxylic acids is 2. The van der Waals surface area contributed by atoms with Gasteiger partial charge in [-0.15, -0.1) is 0 Å². The van der Waals surface area contributed by atoms with Crippen LogP contribution in [0.1, 0.15) is 23.4 Å². The highest BCUT2D eigenvalue weighted by atomic mass is 19.1. The predicted octanol–water partition coefficient (Wildman–Crippen LogP) is 3.92. The Kier molecular flexibility index (Phi) is 6.56. The summed E-state index contributed by atoms with van der Waals surface area (Å²) in [4.78, 5) is 28.1. The molecule has 0 bridgehead atoms. The number of aryl methyl sites for hydroxylation is 3. The lowest BCUT2D eigenvalue weighted by Crippen LogP contribution is -2.33. The molecule has 0 spiro atoms. The van der Waals surface area contributed by atoms with Gasteiger partial charge >= 0.3 is 0 Å². The Morgan fingerprint density at radius 1 is 1.00 bits per heavy atom. The lowest BCUT2D eigenvalue weighted by atomic mass is 10.1. The van der Waals surface area contributed by atoms with Gasteiger partial charge in [-0.25, -0.2) is 13.8 Å². The van der Waals surface area contributed by atoms with E-state index < -0.39 is 11.6 Å². The van der Waals surface area contributed by atoms with Gasteiger partial charge in [0.1, 0.15) is 11.6 Å². The first kappa shape index (κ1) is 21.2. The molecule has 3 aromatic rings. The summed E-state index contributed by atoms with van der Waals surface area (Å²) < 4.78 is 33.0. The normalized spacial score (nSPS) is 10.7. The minimum absolute atomic E-state index is 0.0103. The third-order valence-electron chi connectivity index (χ3n) is 4.52. The van der Waals surface area contributed by atoms with Gasteiger partial charge in [0.2, 0.25) is 11.8 Å². The molecule has 2 amide bonds. The van der Waals surface area contributed by atoms with Crippen LogP contribution in [0.2, 0.25) is 0 Å². The molecule has 3 rings (SSSR count). The Balaban J connectivity index is 1.50. The lowest BCUT2D eigenvalue weighted by molar-refractivity contribution is -0.124. The second kappa shape index (κ2) is 9.30. The fraction of sp³-hybridized carbons (Fsp3) is 0.227. The highest BCUT2D eigenvalue weighted by Crippen LogP contribution is 2.26. The van der Waals surface area contributed by atoms with Gasteiger partial charge in [0, 0.05) is 18.5 Å². The zero-order valence-corrected chi connectivity index (χ0v) is 16.6. The number of oxazole rings is 1. The van der Waals surface area contributed by atoms with Crippen molar-refractivity contribution >= 4 is 17.5 Å². The van der Waals surface area contributed by atoms with Crippen molar-refractivity contribution in [2.45, 2.75) is 26.7 Å². The van der Waals surface area contributed by atoms with Crippen molar-refractivity contribution in [3.63, 3.8) is 0 Å². The monoisotopic (exact) mass is 413 g/mol. The van der Waals surface area contributed by atoms with Crippen LogP contribution in [-0.4, -0.2) is 23.3 Å². The largest absolute Gasteiger partial charge is 0.441 e. The third-order valence-corrected chi connectivity index (χ3v) is 4.52. The molecule has 1 heterocycles. The Bertz CT molecular complexity index is 1040. The molecule has 0 aliphatic heterocycles. The SMILES string of the molecule is Cc1cccc(C)c1NC(=O)CNC(=O)CCc1ncc(-c2c(F)cccc2F)o1. The summed E-state index contributed by atoms with van der Waals surface area (Å²) >= 11 is 0. The zero-order chi connectivity index (χ0) is 21.7. The fourth-order valence-electron chi connectivity index (χ4n) is 2.96. The van der Waals surface area contributed by atoms with Gasteiger partial charge in [0.15, 0.2) is 11.7 Å². The van der Waals surface area contributed by atoms with Crippen molar-refractivity contribution in [1.82, 2.24) is 10.3 Å². The molecule has 30 heavy (non-hydrogen) atoms. The highest BCUT2D eigenvalue weighted by molar-refractivity contribution is 5.95. The van der Waals surface area contributed by atoms with Crippen molar-refractivity contribution in [3.8, 4) is 11.3 Å². The number of nitrogens with one attached hydrogen (secondary N) is 2. The molecule has 156 valence electrons. The van der Waals surface area contributed by atoms with Gasteiger partial charge in [-0.3, -0.25) is 9.59 Å². The number of rotatable bonds is 7. The molecule has 0 saturated carbocycles. The van der Waals surface area contributed by atoms with Gasteiger partial charge in [-0.1, -0.05) is 24.3 Å². The number of hydrogen-bond acceptors (Lipinski definition) is 4. The molecule has 0 atom stereocenters. The molecule has 0 radical (unpaired) electrons. The highest BCUT2D eigenvalue weighted by Gasteiger charge is 2.16. The van der Waals surface area contributed by atoms with E-state index in [1.807, 2.05) is 32.0 Å². The molecule has 6 nitrogen and oxygen atoms in total. The van der Waals surface area contributed by atoms with Gasteiger partial charge in [0.05, 0.1) is 18.3 Å². The van der Waals surface area contributed by atoms with Crippen molar-refractivity contribution < 1.29 is 22.8 Å². The maximum Gasteiger partial charge on any atom is 0.243 e. The molecular formula is C22H21F2N3O3. The van der Waals surface area contributed by atoms with E-state index in [-0.39, 0.29) is 48.4 Å². The summed E-state index contributed by atoms with van der Waals surface area (Å²) in [6.07, 6.45) is 1.35. The second-order valence-corrected chi connectivity index (χ2v) is 6.81. The van der Waals surface area contributed by atoms with Crippen LogP contribution in [0.15, 0.2) is 47.0 Å². The minimum atomic E-state index is -0.759. The molecule has 0 fully saturated rings. The van der Waals surface area contributed by atoms with E-state index in [4.69, 9.17) is 4.42 Å². The number of aromatic nitrogens is 1. The van der Waals surface area contributed by atoms with Gasteiger partial charge < -0.3 is 15.1 Å². The zero-order valence-electron chi connectivity index (χ0n) is 16.6. The smallest absolute Gasteiger partial charge is 0.243 e. The fourth-order valence-corrected chi connectivity index (χ4v) is 2.96. The van der Waals surface area contributed by atoms with Crippen molar-refractivity contribution in [3.05, 3.63) is 71.2 Å². The predicted molar refractivity (Wildman–Crippen MR) is 108 cm³/mol. The average Bonchev–Trinajstić information content (AvgIpc) is 3.16. The Morgan fingerprint density at radius 3 is 2.30 bits per heavy atom. The van der Waals surface area contributed by atoms with Crippen LogP contribution >= 0.6 is 0 Å². The van der Waals surface area contributed by atoms with Crippen LogP contribution in [0.25, 0.3) is 11.3 Å². The lowest BCUT2D eigenvalue weighted by Gasteiger charge is -2.11. The molecule has 0 aliphatic rings. The summed E-state index contributed by atoms with van der Waals surface area (Å²) in [5, 5.41) is 5.31. The number of nitrogens with zero attached hydrogens (tertiary/aromatic N) is 1. The van der Waals surface area contributed by atoms with E-state index in [0.29, 0.717) is 0 Å². The van der Waals surface area contributed by atoms with Gasteiger partial charge in [-0.05, 0) is 37.1 Å². The number of halogens is 2. The number of hydrogen-bond donors (Lipinski definition) is 2. The third kappa shape index (κ3) is 5.08. The summed E-state index contributed by atoms with van der Waals surface area (Å²) in [6, 6.07) is 9.18. The Hall–Kier alpha value is -3.55. The first-order valence-corrected chi connectivity index (χ1v) is 9.37. The summed E-state index contributed by atoms with van der Waals surface area (Å²) in [7, 11) is 0. The van der Waals surface area contributed by atoms with E-state index in [0.717, 1.165) is 28.9 Å². The second-order valence-electron chi connectivity index (χ2n) is 6.81. The average molecular weight is 413 g/mol. The maximum atomic E-state index is 13.8. The van der Waals surface area contributed by atoms with E-state index in [1.165, 1.54) is 12.3 Å². The topological polar surface area (TPSA) is 84.2 Å². The quantitative estimate of drug-likeness (QED) is 0.615. The maximum absolute atomic E-state index is 13.8. The molecule has 0 aliphatic carbocycles. The molecule has 0 saturated heterocycles. The Morgan fingerprint density at radius 2 is 1.63 bits per heavy atom. The van der Waals surface area contributed by atoms with Crippen LogP contribution in [0.5, 0.6) is 0 Å². The minimum Gasteiger partial charge on any atom is -0.441 e. The summed E-state index contributed by atoms with van der Waals surface area (Å²) in [5.74, 6) is -2.11. The first-order valence-electron chi connectivity index (χ1n) is 9.37. The summed E-state index contributed by atoms with van der Waals surface area (Å²) in [5.41, 5.74) is 2.29. The number of benzene rings is 2. The van der Waals surface area contributed by atoms with Crippen LogP contribution in [0.4, 0.5) is 14.5 Å². The van der Waals surface area contributed by atoms with E-state index in [1.54, 1.807) is 0 Å². The Labute approximate surface area is 172 Å². The van der Waals surface area contributed by atoms with E-state index in [9.17, 15) is 18.4 Å². The number of anilines is 1. The molecule has 0 unspecified atom stereocenters.